The molecule has 10 rings (SSSR count). The number of rotatable bonds is 5. The Labute approximate surface area is 295 Å². The fourth-order valence-corrected chi connectivity index (χ4v) is 7.45. The molecule has 0 fully saturated rings. The zero-order valence-electron chi connectivity index (χ0n) is 27.6. The van der Waals surface area contributed by atoms with Gasteiger partial charge in [0.15, 0.2) is 5.82 Å². The van der Waals surface area contributed by atoms with Gasteiger partial charge in [0.1, 0.15) is 11.2 Å². The Morgan fingerprint density at radius 3 is 1.57 bits per heavy atom. The second kappa shape index (κ2) is 11.9. The normalized spacial score (nSPS) is 11.5. The first kappa shape index (κ1) is 29.1. The van der Waals surface area contributed by atoms with Crippen molar-refractivity contribution in [2.75, 3.05) is 0 Å². The molecule has 3 nitrogen and oxygen atoms in total. The van der Waals surface area contributed by atoms with Gasteiger partial charge in [-0.15, -0.1) is 0 Å². The van der Waals surface area contributed by atoms with E-state index in [1.807, 2.05) is 48.5 Å². The zero-order chi connectivity index (χ0) is 33.7. The maximum Gasteiger partial charge on any atom is 0.164 e. The molecule has 0 radical (unpaired) electrons. The second-order valence-electron chi connectivity index (χ2n) is 12.9. The first-order valence-electron chi connectivity index (χ1n) is 17.2. The summed E-state index contributed by atoms with van der Waals surface area (Å²) in [5.74, 6) is 0.629. The molecular formula is C48H30N2O. The molecule has 0 saturated carbocycles. The van der Waals surface area contributed by atoms with Crippen LogP contribution in [0.5, 0.6) is 0 Å². The number of para-hydroxylation sites is 1. The Kier molecular flexibility index (Phi) is 6.81. The first-order valence-corrected chi connectivity index (χ1v) is 17.2. The van der Waals surface area contributed by atoms with Gasteiger partial charge in [0.25, 0.3) is 0 Å². The van der Waals surface area contributed by atoms with Gasteiger partial charge in [-0.2, -0.15) is 0 Å². The van der Waals surface area contributed by atoms with Gasteiger partial charge in [-0.3, -0.25) is 0 Å². The van der Waals surface area contributed by atoms with Crippen LogP contribution < -0.4 is 0 Å². The van der Waals surface area contributed by atoms with Crippen LogP contribution >= 0.6 is 0 Å². The molecule has 238 valence electrons. The van der Waals surface area contributed by atoms with Crippen molar-refractivity contribution in [1.29, 1.82) is 0 Å². The van der Waals surface area contributed by atoms with Crippen LogP contribution in [-0.4, -0.2) is 9.97 Å². The number of hydrogen-bond donors (Lipinski definition) is 0. The van der Waals surface area contributed by atoms with Gasteiger partial charge >= 0.3 is 0 Å². The predicted molar refractivity (Wildman–Crippen MR) is 212 cm³/mol. The average Bonchev–Trinajstić information content (AvgIpc) is 3.61. The van der Waals surface area contributed by atoms with Gasteiger partial charge in [0, 0.05) is 21.9 Å². The quantitative estimate of drug-likeness (QED) is 0.174. The van der Waals surface area contributed by atoms with Crippen molar-refractivity contribution < 1.29 is 4.42 Å². The van der Waals surface area contributed by atoms with Crippen molar-refractivity contribution in [2.24, 2.45) is 0 Å². The number of furan rings is 1. The molecular weight excluding hydrogens is 621 g/mol. The fraction of sp³-hybridized carbons (Fsp3) is 0. The van der Waals surface area contributed by atoms with Crippen molar-refractivity contribution in [3.8, 4) is 56.2 Å². The highest BCUT2D eigenvalue weighted by Crippen LogP contribution is 2.43. The van der Waals surface area contributed by atoms with Crippen molar-refractivity contribution in [1.82, 2.24) is 9.97 Å². The van der Waals surface area contributed by atoms with Crippen LogP contribution in [0.1, 0.15) is 0 Å². The molecule has 0 amide bonds. The lowest BCUT2D eigenvalue weighted by Crippen LogP contribution is -1.96. The molecule has 10 aromatic rings. The van der Waals surface area contributed by atoms with Crippen molar-refractivity contribution in [2.45, 2.75) is 0 Å². The fourth-order valence-electron chi connectivity index (χ4n) is 7.45. The second-order valence-corrected chi connectivity index (χ2v) is 12.9. The summed E-state index contributed by atoms with van der Waals surface area (Å²) in [5.41, 5.74) is 10.9. The lowest BCUT2D eigenvalue weighted by molar-refractivity contribution is 0.669. The minimum atomic E-state index is 0.629. The van der Waals surface area contributed by atoms with E-state index >= 15 is 0 Å². The highest BCUT2D eigenvalue weighted by atomic mass is 16.3. The molecule has 8 aromatic carbocycles. The van der Waals surface area contributed by atoms with Crippen molar-refractivity contribution in [3.05, 3.63) is 182 Å². The summed E-state index contributed by atoms with van der Waals surface area (Å²) in [6, 6.07) is 63.8. The van der Waals surface area contributed by atoms with E-state index in [0.29, 0.717) is 5.82 Å². The van der Waals surface area contributed by atoms with Crippen LogP contribution in [0.2, 0.25) is 0 Å². The van der Waals surface area contributed by atoms with Crippen molar-refractivity contribution in [3.63, 3.8) is 0 Å². The van der Waals surface area contributed by atoms with Gasteiger partial charge in [-0.1, -0.05) is 158 Å². The molecule has 0 aliphatic rings. The van der Waals surface area contributed by atoms with E-state index in [1.54, 1.807) is 0 Å². The first-order chi connectivity index (χ1) is 25.3. The Bertz CT molecular complexity index is 2830. The van der Waals surface area contributed by atoms with Gasteiger partial charge in [0.2, 0.25) is 0 Å². The molecule has 0 unspecified atom stereocenters. The summed E-state index contributed by atoms with van der Waals surface area (Å²) in [5, 5.41) is 7.16. The zero-order valence-corrected chi connectivity index (χ0v) is 27.6. The predicted octanol–water partition coefficient (Wildman–Crippen LogP) is 13.0. The largest absolute Gasteiger partial charge is 0.455 e. The third kappa shape index (κ3) is 4.98. The standard InChI is InChI=1S/C48H30N2O/c1-3-13-33(14-4-1)43-30-44(34-15-5-2-6-16-34)50-48(49-43)41-28-27-37(46-40-21-11-12-22-45(40)51-47(41)46)31-23-25-32(26-24-31)42-29-35-17-7-8-18-36(35)38-19-9-10-20-39(38)42/h1-30H. The van der Waals surface area contributed by atoms with Crippen LogP contribution in [0.15, 0.2) is 186 Å². The Hall–Kier alpha value is -6.84. The molecule has 51 heavy (non-hydrogen) atoms. The molecule has 0 aliphatic carbocycles. The summed E-state index contributed by atoms with van der Waals surface area (Å²) in [6.45, 7) is 0. The van der Waals surface area contributed by atoms with E-state index in [1.165, 1.54) is 32.7 Å². The topological polar surface area (TPSA) is 38.9 Å². The van der Waals surface area contributed by atoms with E-state index in [9.17, 15) is 0 Å². The number of hydrogen-bond acceptors (Lipinski definition) is 3. The maximum atomic E-state index is 6.69. The third-order valence-electron chi connectivity index (χ3n) is 9.91. The number of fused-ring (bicyclic) bond motifs is 6. The van der Waals surface area contributed by atoms with E-state index < -0.39 is 0 Å². The molecule has 2 heterocycles. The Morgan fingerprint density at radius 1 is 0.353 bits per heavy atom. The molecule has 0 bridgehead atoms. The van der Waals surface area contributed by atoms with Crippen LogP contribution in [0.25, 0.3) is 99.6 Å². The van der Waals surface area contributed by atoms with Crippen LogP contribution in [0.3, 0.4) is 0 Å². The van der Waals surface area contributed by atoms with Gasteiger partial charge in [-0.05, 0) is 68.1 Å². The summed E-state index contributed by atoms with van der Waals surface area (Å²) in [7, 11) is 0. The van der Waals surface area contributed by atoms with Gasteiger partial charge in [-0.25, -0.2) is 9.97 Å². The van der Waals surface area contributed by atoms with E-state index in [2.05, 4.69) is 133 Å². The lowest BCUT2D eigenvalue weighted by Gasteiger charge is -2.13. The summed E-state index contributed by atoms with van der Waals surface area (Å²) in [4.78, 5) is 10.3. The minimum absolute atomic E-state index is 0.629. The molecule has 2 aromatic heterocycles. The monoisotopic (exact) mass is 650 g/mol. The van der Waals surface area contributed by atoms with Crippen LogP contribution in [0.4, 0.5) is 0 Å². The van der Waals surface area contributed by atoms with Crippen LogP contribution in [-0.2, 0) is 0 Å². The Morgan fingerprint density at radius 2 is 0.882 bits per heavy atom. The summed E-state index contributed by atoms with van der Waals surface area (Å²) in [6.07, 6.45) is 0. The number of nitrogens with zero attached hydrogens (tertiary/aromatic N) is 2. The molecule has 0 atom stereocenters. The molecule has 0 N–H and O–H groups in total. The van der Waals surface area contributed by atoms with E-state index in [0.717, 1.165) is 61.1 Å². The number of benzene rings is 8. The van der Waals surface area contributed by atoms with Gasteiger partial charge in [0.05, 0.1) is 17.0 Å². The molecule has 3 heteroatoms. The maximum absolute atomic E-state index is 6.69. The lowest BCUT2D eigenvalue weighted by atomic mass is 9.91. The summed E-state index contributed by atoms with van der Waals surface area (Å²) < 4.78 is 6.69. The van der Waals surface area contributed by atoms with Crippen LogP contribution in [0, 0.1) is 0 Å². The van der Waals surface area contributed by atoms with E-state index in [4.69, 9.17) is 14.4 Å². The molecule has 0 saturated heterocycles. The number of aromatic nitrogens is 2. The molecule has 0 aliphatic heterocycles. The summed E-state index contributed by atoms with van der Waals surface area (Å²) >= 11 is 0. The van der Waals surface area contributed by atoms with Crippen molar-refractivity contribution >= 4 is 43.5 Å². The average molecular weight is 651 g/mol. The molecule has 0 spiro atoms. The highest BCUT2D eigenvalue weighted by Gasteiger charge is 2.20. The highest BCUT2D eigenvalue weighted by molar-refractivity contribution is 6.16. The van der Waals surface area contributed by atoms with Gasteiger partial charge < -0.3 is 4.42 Å². The Balaban J connectivity index is 1.15. The third-order valence-corrected chi connectivity index (χ3v) is 9.91. The smallest absolute Gasteiger partial charge is 0.164 e. The minimum Gasteiger partial charge on any atom is -0.455 e. The SMILES string of the molecule is c1ccc(-c2cc(-c3ccccc3)nc(-c3ccc(-c4ccc(-c5cc6ccccc6c6ccccc56)cc4)c4c3oc3ccccc34)n2)cc1. The van der Waals surface area contributed by atoms with E-state index in [-0.39, 0.29) is 0 Å².